The van der Waals surface area contributed by atoms with Gasteiger partial charge < -0.3 is 24.6 Å². The molecular formula is C22H27N7O5. The third-order valence-electron chi connectivity index (χ3n) is 6.08. The minimum absolute atomic E-state index is 0.0679. The number of aliphatic hydroxyl groups is 1. The third-order valence-corrected chi connectivity index (χ3v) is 6.08. The molecule has 0 amide bonds. The summed E-state index contributed by atoms with van der Waals surface area (Å²) >= 11 is 0. The fourth-order valence-electron chi connectivity index (χ4n) is 4.25. The summed E-state index contributed by atoms with van der Waals surface area (Å²) in [7, 11) is 1.53. The molecule has 5 rings (SSSR count). The number of ether oxygens (including phenoxy) is 3. The van der Waals surface area contributed by atoms with Gasteiger partial charge in [0.05, 0.1) is 25.1 Å². The number of nitrogens with zero attached hydrogens (tertiary/aromatic N) is 6. The van der Waals surface area contributed by atoms with Crippen LogP contribution in [-0.2, 0) is 13.1 Å². The Morgan fingerprint density at radius 3 is 2.97 bits per heavy atom. The Hall–Kier alpha value is -3.35. The summed E-state index contributed by atoms with van der Waals surface area (Å²) in [5.74, 6) is 1.44. The lowest BCUT2D eigenvalue weighted by molar-refractivity contribution is 0.0384. The number of pyridine rings is 1. The van der Waals surface area contributed by atoms with Crippen LogP contribution in [0.5, 0.6) is 17.5 Å². The smallest absolute Gasteiger partial charge is 0.276 e. The van der Waals surface area contributed by atoms with Crippen molar-refractivity contribution in [3.05, 3.63) is 40.4 Å². The number of aromatic nitrogens is 5. The molecule has 34 heavy (non-hydrogen) atoms. The molecule has 0 unspecified atom stereocenters. The van der Waals surface area contributed by atoms with Crippen LogP contribution in [0, 0.1) is 0 Å². The second kappa shape index (κ2) is 9.87. The van der Waals surface area contributed by atoms with E-state index in [2.05, 4.69) is 30.4 Å². The average Bonchev–Trinajstić information content (AvgIpc) is 2.87. The average molecular weight is 470 g/mol. The van der Waals surface area contributed by atoms with Crippen LogP contribution in [0.3, 0.4) is 0 Å². The maximum absolute atomic E-state index is 12.4. The van der Waals surface area contributed by atoms with Crippen molar-refractivity contribution < 1.29 is 19.3 Å². The van der Waals surface area contributed by atoms with Crippen LogP contribution in [0.1, 0.15) is 12.1 Å². The second-order valence-corrected chi connectivity index (χ2v) is 8.29. The lowest BCUT2D eigenvalue weighted by Crippen LogP contribution is -2.53. The van der Waals surface area contributed by atoms with Crippen molar-refractivity contribution in [3.63, 3.8) is 0 Å². The monoisotopic (exact) mass is 469 g/mol. The van der Waals surface area contributed by atoms with Gasteiger partial charge in [-0.2, -0.15) is 10.1 Å². The van der Waals surface area contributed by atoms with E-state index in [1.54, 1.807) is 16.7 Å². The maximum atomic E-state index is 12.4. The zero-order valence-electron chi connectivity index (χ0n) is 18.9. The van der Waals surface area contributed by atoms with Crippen molar-refractivity contribution in [3.8, 4) is 17.5 Å². The molecule has 0 saturated carbocycles. The van der Waals surface area contributed by atoms with Crippen LogP contribution < -0.4 is 25.1 Å². The van der Waals surface area contributed by atoms with Crippen molar-refractivity contribution in [1.29, 1.82) is 0 Å². The first-order valence-electron chi connectivity index (χ1n) is 11.3. The van der Waals surface area contributed by atoms with E-state index in [0.29, 0.717) is 68.1 Å². The van der Waals surface area contributed by atoms with Crippen molar-refractivity contribution in [2.75, 3.05) is 40.0 Å². The molecule has 12 heteroatoms. The van der Waals surface area contributed by atoms with E-state index >= 15 is 0 Å². The van der Waals surface area contributed by atoms with Gasteiger partial charge in [0.1, 0.15) is 18.7 Å². The Balaban J connectivity index is 1.17. The number of hydrogen-bond acceptors (Lipinski definition) is 11. The summed E-state index contributed by atoms with van der Waals surface area (Å²) in [5, 5.41) is 22.3. The molecule has 0 aromatic carbocycles. The molecule has 2 aliphatic heterocycles. The van der Waals surface area contributed by atoms with Crippen LogP contribution in [0.15, 0.2) is 29.2 Å². The quantitative estimate of drug-likeness (QED) is 0.467. The number of fused-ring (bicyclic) bond motifs is 2. The van der Waals surface area contributed by atoms with Crippen LogP contribution in [0.2, 0.25) is 0 Å². The van der Waals surface area contributed by atoms with Gasteiger partial charge in [-0.3, -0.25) is 14.3 Å². The standard InChI is InChI=1S/C22H27N7O5/c1-32-19-3-2-16-21(25-19)29(20(31)12-24-16)7-6-28-5-4-15(17(30)13-28)23-11-14-10-18-22(27-26-14)34-9-8-33-18/h2-3,10,12,15,17,23,30H,4-9,11,13H2,1H3/t15-,17+/m0/s1. The minimum Gasteiger partial charge on any atom is -0.484 e. The lowest BCUT2D eigenvalue weighted by Gasteiger charge is -2.36. The summed E-state index contributed by atoms with van der Waals surface area (Å²) in [4.78, 5) is 23.2. The van der Waals surface area contributed by atoms with E-state index in [4.69, 9.17) is 14.2 Å². The van der Waals surface area contributed by atoms with Crippen LogP contribution >= 0.6 is 0 Å². The summed E-state index contributed by atoms with van der Waals surface area (Å²) in [5.41, 5.74) is 1.63. The van der Waals surface area contributed by atoms with E-state index in [1.165, 1.54) is 13.3 Å². The molecule has 2 aliphatic rings. The number of nitrogens with one attached hydrogen (secondary N) is 1. The molecule has 12 nitrogen and oxygen atoms in total. The maximum Gasteiger partial charge on any atom is 0.276 e. The Bertz CT molecular complexity index is 1220. The summed E-state index contributed by atoms with van der Waals surface area (Å²) in [6, 6.07) is 5.25. The summed E-state index contributed by atoms with van der Waals surface area (Å²) < 4.78 is 17.7. The van der Waals surface area contributed by atoms with E-state index in [9.17, 15) is 9.90 Å². The number of hydrogen-bond donors (Lipinski definition) is 2. The molecule has 1 saturated heterocycles. The molecule has 2 N–H and O–H groups in total. The second-order valence-electron chi connectivity index (χ2n) is 8.29. The molecule has 1 fully saturated rings. The number of rotatable bonds is 7. The highest BCUT2D eigenvalue weighted by Gasteiger charge is 2.27. The van der Waals surface area contributed by atoms with Gasteiger partial charge in [-0.1, -0.05) is 0 Å². The fourth-order valence-corrected chi connectivity index (χ4v) is 4.25. The van der Waals surface area contributed by atoms with E-state index in [1.807, 2.05) is 6.07 Å². The van der Waals surface area contributed by atoms with Gasteiger partial charge in [0, 0.05) is 44.4 Å². The first-order valence-corrected chi connectivity index (χ1v) is 11.3. The van der Waals surface area contributed by atoms with E-state index < -0.39 is 6.10 Å². The van der Waals surface area contributed by atoms with Crippen molar-refractivity contribution >= 4 is 11.2 Å². The van der Waals surface area contributed by atoms with Gasteiger partial charge >= 0.3 is 0 Å². The van der Waals surface area contributed by atoms with Crippen molar-refractivity contribution in [2.24, 2.45) is 0 Å². The van der Waals surface area contributed by atoms with Gasteiger partial charge in [-0.15, -0.1) is 5.10 Å². The van der Waals surface area contributed by atoms with Gasteiger partial charge in [0.2, 0.25) is 5.88 Å². The predicted molar refractivity (Wildman–Crippen MR) is 121 cm³/mol. The van der Waals surface area contributed by atoms with Gasteiger partial charge in [0.25, 0.3) is 11.4 Å². The third kappa shape index (κ3) is 4.79. The molecule has 3 aromatic heterocycles. The SMILES string of the molecule is COc1ccc2ncc(=O)n(CCN3CC[C@H](NCc4cc5c(nn4)OCCO5)[C@H](O)C3)c2n1. The molecule has 0 bridgehead atoms. The Kier molecular flexibility index (Phi) is 6.52. The first-order chi connectivity index (χ1) is 16.6. The molecule has 2 atom stereocenters. The van der Waals surface area contributed by atoms with Crippen LogP contribution in [0.4, 0.5) is 0 Å². The summed E-state index contributed by atoms with van der Waals surface area (Å²) in [6.45, 7) is 3.77. The number of piperidine rings is 1. The zero-order valence-corrected chi connectivity index (χ0v) is 18.9. The van der Waals surface area contributed by atoms with E-state index in [-0.39, 0.29) is 11.6 Å². The summed E-state index contributed by atoms with van der Waals surface area (Å²) in [6.07, 6.45) is 1.52. The molecule has 5 heterocycles. The Morgan fingerprint density at radius 1 is 1.24 bits per heavy atom. The Morgan fingerprint density at radius 2 is 2.12 bits per heavy atom. The highest BCUT2D eigenvalue weighted by atomic mass is 16.6. The molecule has 0 aliphatic carbocycles. The molecule has 0 radical (unpaired) electrons. The Labute approximate surface area is 195 Å². The number of likely N-dealkylation sites (tertiary alicyclic amines) is 1. The highest BCUT2D eigenvalue weighted by Crippen LogP contribution is 2.26. The zero-order chi connectivity index (χ0) is 23.5. The fraction of sp³-hybridized carbons (Fsp3) is 0.500. The van der Waals surface area contributed by atoms with Gasteiger partial charge in [-0.25, -0.2) is 4.98 Å². The van der Waals surface area contributed by atoms with Crippen molar-refractivity contribution in [1.82, 2.24) is 34.9 Å². The molecule has 180 valence electrons. The predicted octanol–water partition coefficient (Wildman–Crippen LogP) is -0.414. The van der Waals surface area contributed by atoms with E-state index in [0.717, 1.165) is 18.7 Å². The first kappa shape index (κ1) is 22.4. The van der Waals surface area contributed by atoms with Gasteiger partial charge in [0.15, 0.2) is 11.4 Å². The molecular weight excluding hydrogens is 442 g/mol. The van der Waals surface area contributed by atoms with Gasteiger partial charge in [-0.05, 0) is 19.0 Å². The largest absolute Gasteiger partial charge is 0.484 e. The van der Waals surface area contributed by atoms with Crippen LogP contribution in [-0.4, -0.2) is 86.8 Å². The normalized spacial score (nSPS) is 20.4. The minimum atomic E-state index is -0.553. The lowest BCUT2D eigenvalue weighted by atomic mass is 10.0. The van der Waals surface area contributed by atoms with Crippen LogP contribution in [0.25, 0.3) is 11.2 Å². The molecule has 3 aromatic rings. The number of aliphatic hydroxyl groups excluding tert-OH is 1. The molecule has 0 spiro atoms. The number of β-amino-alcohol motifs (C(OH)–C–C–N with tert-alkyl or cyclic N) is 1. The highest BCUT2D eigenvalue weighted by molar-refractivity contribution is 5.70. The van der Waals surface area contributed by atoms with Crippen molar-refractivity contribution in [2.45, 2.75) is 31.7 Å². The topological polar surface area (TPSA) is 137 Å². The number of methoxy groups -OCH3 is 1.